The van der Waals surface area contributed by atoms with Crippen LogP contribution in [0.1, 0.15) is 19.3 Å². The Labute approximate surface area is 123 Å². The Morgan fingerprint density at radius 2 is 1.62 bits per heavy atom. The van der Waals surface area contributed by atoms with Gasteiger partial charge in [-0.25, -0.2) is 0 Å². The number of aliphatic carboxylic acids is 1. The maximum absolute atomic E-state index is 10.5. The third kappa shape index (κ3) is 8.27. The highest BCUT2D eigenvalue weighted by Crippen LogP contribution is 2.04. The highest BCUT2D eigenvalue weighted by Gasteiger charge is 2.29. The van der Waals surface area contributed by atoms with Crippen molar-refractivity contribution < 1.29 is 35.4 Å². The van der Waals surface area contributed by atoms with Crippen LogP contribution in [0.2, 0.25) is 0 Å². The second-order valence-corrected chi connectivity index (χ2v) is 4.94. The zero-order valence-corrected chi connectivity index (χ0v) is 11.8. The molecule has 0 amide bonds. The third-order valence-electron chi connectivity index (χ3n) is 3.11. The number of nitrogens with two attached hydrogens (primary N) is 1. The van der Waals surface area contributed by atoms with E-state index in [0.717, 1.165) is 0 Å². The molecule has 0 saturated carbocycles. The van der Waals surface area contributed by atoms with Crippen LogP contribution >= 0.6 is 0 Å². The Morgan fingerprint density at radius 1 is 1.05 bits per heavy atom. The topological polar surface area (TPSA) is 176 Å². The molecule has 0 aromatic carbocycles. The monoisotopic (exact) mass is 310 g/mol. The summed E-state index contributed by atoms with van der Waals surface area (Å²) in [4.78, 5) is 10.5. The zero-order valence-electron chi connectivity index (χ0n) is 11.8. The van der Waals surface area contributed by atoms with Crippen molar-refractivity contribution in [2.24, 2.45) is 5.73 Å². The van der Waals surface area contributed by atoms with Crippen molar-refractivity contribution in [2.45, 2.75) is 49.7 Å². The summed E-state index contributed by atoms with van der Waals surface area (Å²) in [6.45, 7) is -0.252. The maximum Gasteiger partial charge on any atom is 0.320 e. The third-order valence-corrected chi connectivity index (χ3v) is 3.11. The van der Waals surface area contributed by atoms with Gasteiger partial charge in [-0.15, -0.1) is 0 Å². The second kappa shape index (κ2) is 10.9. The molecule has 0 aliphatic heterocycles. The van der Waals surface area contributed by atoms with Crippen LogP contribution in [0.4, 0.5) is 0 Å². The molecule has 0 saturated heterocycles. The summed E-state index contributed by atoms with van der Waals surface area (Å²) in [5, 5.41) is 57.7. The van der Waals surface area contributed by atoms with Crippen molar-refractivity contribution in [1.82, 2.24) is 5.32 Å². The van der Waals surface area contributed by atoms with Gasteiger partial charge in [-0.05, 0) is 19.4 Å². The van der Waals surface area contributed by atoms with Crippen LogP contribution in [0.25, 0.3) is 0 Å². The van der Waals surface area contributed by atoms with E-state index in [-0.39, 0.29) is 6.54 Å². The number of aliphatic hydroxyl groups is 5. The van der Waals surface area contributed by atoms with Crippen LogP contribution in [-0.4, -0.2) is 86.8 Å². The quantitative estimate of drug-likeness (QED) is 0.171. The van der Waals surface area contributed by atoms with Gasteiger partial charge in [0.1, 0.15) is 24.4 Å². The number of hydrogen-bond donors (Lipinski definition) is 8. The first-order valence-electron chi connectivity index (χ1n) is 6.83. The van der Waals surface area contributed by atoms with E-state index in [0.29, 0.717) is 25.8 Å². The van der Waals surface area contributed by atoms with Gasteiger partial charge in [0, 0.05) is 6.54 Å². The molecule has 0 radical (unpaired) electrons. The van der Waals surface area contributed by atoms with Crippen LogP contribution in [0, 0.1) is 0 Å². The summed E-state index contributed by atoms with van der Waals surface area (Å²) in [6.07, 6.45) is -4.45. The van der Waals surface area contributed by atoms with Crippen LogP contribution in [-0.2, 0) is 4.79 Å². The van der Waals surface area contributed by atoms with Gasteiger partial charge in [0.05, 0.1) is 12.7 Å². The summed E-state index contributed by atoms with van der Waals surface area (Å²) < 4.78 is 0. The highest BCUT2D eigenvalue weighted by molar-refractivity contribution is 5.72. The first kappa shape index (κ1) is 20.2. The van der Waals surface area contributed by atoms with Gasteiger partial charge >= 0.3 is 5.97 Å². The Morgan fingerprint density at radius 3 is 2.14 bits per heavy atom. The summed E-state index contributed by atoms with van der Waals surface area (Å²) in [7, 11) is 0. The summed E-state index contributed by atoms with van der Waals surface area (Å²) in [5.41, 5.74) is 5.33. The number of aliphatic hydroxyl groups excluding tert-OH is 5. The van der Waals surface area contributed by atoms with E-state index < -0.39 is 43.0 Å². The number of carbonyl (C=O) groups is 1. The molecule has 9 heteroatoms. The molecule has 9 nitrogen and oxygen atoms in total. The first-order chi connectivity index (χ1) is 9.81. The Bertz CT molecular complexity index is 293. The minimum atomic E-state index is -1.64. The van der Waals surface area contributed by atoms with Crippen molar-refractivity contribution >= 4 is 5.97 Å². The summed E-state index contributed by atoms with van der Waals surface area (Å²) >= 11 is 0. The predicted molar refractivity (Wildman–Crippen MR) is 73.4 cm³/mol. The number of nitrogens with one attached hydrogen (secondary N) is 1. The summed E-state index contributed by atoms with van der Waals surface area (Å²) in [6, 6.07) is -0.882. The number of rotatable bonds is 12. The fraction of sp³-hybridized carbons (Fsp3) is 0.917. The lowest BCUT2D eigenvalue weighted by Gasteiger charge is -2.25. The largest absolute Gasteiger partial charge is 0.480 e. The molecule has 21 heavy (non-hydrogen) atoms. The molecule has 0 heterocycles. The summed E-state index contributed by atoms with van der Waals surface area (Å²) in [5.74, 6) is -1.04. The zero-order chi connectivity index (χ0) is 16.4. The molecule has 0 bridgehead atoms. The van der Waals surface area contributed by atoms with E-state index in [1.54, 1.807) is 0 Å². The molecule has 0 aromatic heterocycles. The molecule has 0 aliphatic rings. The number of carboxylic acids is 1. The number of carboxylic acid groups (broad SMARTS) is 1. The average Bonchev–Trinajstić information content (AvgIpc) is 2.47. The molecule has 0 aromatic rings. The average molecular weight is 310 g/mol. The van der Waals surface area contributed by atoms with Crippen LogP contribution in [0.5, 0.6) is 0 Å². The molecule has 0 aliphatic carbocycles. The van der Waals surface area contributed by atoms with Crippen LogP contribution < -0.4 is 11.1 Å². The van der Waals surface area contributed by atoms with Gasteiger partial charge in [0.25, 0.3) is 0 Å². The maximum atomic E-state index is 10.5. The van der Waals surface area contributed by atoms with E-state index in [1.807, 2.05) is 0 Å². The lowest BCUT2D eigenvalue weighted by atomic mass is 10.0. The van der Waals surface area contributed by atoms with Gasteiger partial charge < -0.3 is 41.7 Å². The smallest absolute Gasteiger partial charge is 0.320 e. The molecule has 9 N–H and O–H groups in total. The van der Waals surface area contributed by atoms with Crippen LogP contribution in [0.3, 0.4) is 0 Å². The lowest BCUT2D eigenvalue weighted by molar-refractivity contribution is -0.138. The van der Waals surface area contributed by atoms with Gasteiger partial charge in [-0.2, -0.15) is 0 Å². The number of unbranched alkanes of at least 4 members (excludes halogenated alkanes) is 1. The van der Waals surface area contributed by atoms with Crippen molar-refractivity contribution in [3.8, 4) is 0 Å². The fourth-order valence-corrected chi connectivity index (χ4v) is 1.67. The van der Waals surface area contributed by atoms with Crippen molar-refractivity contribution in [3.63, 3.8) is 0 Å². The molecule has 5 unspecified atom stereocenters. The van der Waals surface area contributed by atoms with Crippen molar-refractivity contribution in [3.05, 3.63) is 0 Å². The van der Waals surface area contributed by atoms with Gasteiger partial charge in [-0.1, -0.05) is 6.42 Å². The Balaban J connectivity index is 3.74. The van der Waals surface area contributed by atoms with Crippen LogP contribution in [0.15, 0.2) is 0 Å². The van der Waals surface area contributed by atoms with E-state index in [1.165, 1.54) is 0 Å². The van der Waals surface area contributed by atoms with E-state index in [2.05, 4.69) is 5.32 Å². The molecule has 0 spiro atoms. The highest BCUT2D eigenvalue weighted by atomic mass is 16.4. The van der Waals surface area contributed by atoms with Crippen molar-refractivity contribution in [1.29, 1.82) is 0 Å². The van der Waals surface area contributed by atoms with Gasteiger partial charge in [0.2, 0.25) is 0 Å². The molecule has 126 valence electrons. The molecule has 0 rings (SSSR count). The van der Waals surface area contributed by atoms with Gasteiger partial charge in [0.15, 0.2) is 0 Å². The predicted octanol–water partition coefficient (Wildman–Crippen LogP) is -3.41. The van der Waals surface area contributed by atoms with Crippen molar-refractivity contribution in [2.75, 3.05) is 19.7 Å². The lowest BCUT2D eigenvalue weighted by Crippen LogP contribution is -2.49. The normalized spacial score (nSPS) is 18.8. The second-order valence-electron chi connectivity index (χ2n) is 4.94. The van der Waals surface area contributed by atoms with E-state index >= 15 is 0 Å². The van der Waals surface area contributed by atoms with E-state index in [4.69, 9.17) is 21.1 Å². The Hall–Kier alpha value is -0.810. The molecular formula is C12H26N2O7. The SMILES string of the molecule is NC(CCCCNCC(O)C(O)C(O)C(O)CO)C(=O)O. The first-order valence-corrected chi connectivity index (χ1v) is 6.83. The minimum absolute atomic E-state index is 0.0125. The minimum Gasteiger partial charge on any atom is -0.480 e. The molecule has 5 atom stereocenters. The number of hydrogen-bond acceptors (Lipinski definition) is 8. The standard InChI is InChI=1S/C12H26N2O7/c13-7(12(20)21)3-1-2-4-14-5-8(16)10(18)11(19)9(17)6-15/h7-11,14-19H,1-6,13H2,(H,20,21). The fourth-order valence-electron chi connectivity index (χ4n) is 1.67. The molecule has 0 fully saturated rings. The van der Waals surface area contributed by atoms with E-state index in [9.17, 15) is 20.1 Å². The van der Waals surface area contributed by atoms with Gasteiger partial charge in [-0.3, -0.25) is 4.79 Å². The Kier molecular flexibility index (Phi) is 10.4. The molecular weight excluding hydrogens is 284 g/mol.